The first kappa shape index (κ1) is 28.5. The van der Waals surface area contributed by atoms with Gasteiger partial charge in [0.05, 0.1) is 6.04 Å². The van der Waals surface area contributed by atoms with Crippen molar-refractivity contribution >= 4 is 20.0 Å². The molecule has 0 aromatic heterocycles. The number of benzene rings is 1. The van der Waals surface area contributed by atoms with Gasteiger partial charge < -0.3 is 20.6 Å². The summed E-state index contributed by atoms with van der Waals surface area (Å²) in [6.45, 7) is 3.97. The molecule has 1 aromatic rings. The molecule has 2 rings (SSSR count). The summed E-state index contributed by atoms with van der Waals surface area (Å²) >= 11 is 0. The van der Waals surface area contributed by atoms with Gasteiger partial charge in [0.25, 0.3) is 8.18 Å². The van der Waals surface area contributed by atoms with Crippen LogP contribution in [0.2, 0.25) is 0 Å². The zero-order valence-electron chi connectivity index (χ0n) is 20.7. The van der Waals surface area contributed by atoms with Crippen LogP contribution in [0.1, 0.15) is 70.8 Å². The summed E-state index contributed by atoms with van der Waals surface area (Å²) in [6, 6.07) is 8.28. The first-order valence-corrected chi connectivity index (χ1v) is 13.7. The average molecular weight is 496 g/mol. The highest BCUT2D eigenvalue weighted by atomic mass is 31.1. The standard InChI is InChI=1S/C25H42N3O5P/c1-18(2)16-21(26-23(29)15-14-19-10-6-4-7-11-19)24(30)27-22(25(31)28(3)34(32)33)17-20-12-8-5-9-13-20/h4,6-7,10-11,18,20-22,25,31,34H,5,8-9,12-17H2,1-3H3,(H,26,29)(H,27,30)(H,32,33)/t21-,22-,25?/m0/s1. The van der Waals surface area contributed by atoms with E-state index < -0.39 is 26.5 Å². The largest absolute Gasteiger partial charge is 0.376 e. The molecule has 34 heavy (non-hydrogen) atoms. The number of hydrogen-bond donors (Lipinski definition) is 4. The summed E-state index contributed by atoms with van der Waals surface area (Å²) in [4.78, 5) is 35.4. The Kier molecular flexibility index (Phi) is 12.3. The SMILES string of the molecule is CC(C)C[C@H](NC(=O)CCc1ccccc1)C(=O)N[C@@H](CC1CCCCC1)C(O)N(C)[PH](=O)O. The lowest BCUT2D eigenvalue weighted by atomic mass is 9.84. The highest BCUT2D eigenvalue weighted by molar-refractivity contribution is 7.35. The quantitative estimate of drug-likeness (QED) is 0.246. The van der Waals surface area contributed by atoms with E-state index >= 15 is 0 Å². The van der Waals surface area contributed by atoms with E-state index in [4.69, 9.17) is 0 Å². The Morgan fingerprint density at radius 1 is 1.12 bits per heavy atom. The van der Waals surface area contributed by atoms with Gasteiger partial charge in [-0.05, 0) is 43.7 Å². The normalized spacial score (nSPS) is 18.3. The molecule has 192 valence electrons. The van der Waals surface area contributed by atoms with Crippen molar-refractivity contribution in [3.8, 4) is 0 Å². The zero-order chi connectivity index (χ0) is 25.1. The van der Waals surface area contributed by atoms with Crippen LogP contribution in [0, 0.1) is 11.8 Å². The zero-order valence-corrected chi connectivity index (χ0v) is 21.7. The van der Waals surface area contributed by atoms with E-state index in [9.17, 15) is 24.2 Å². The monoisotopic (exact) mass is 495 g/mol. The first-order chi connectivity index (χ1) is 16.2. The Labute approximate surface area is 204 Å². The number of likely N-dealkylation sites (N-methyl/N-ethyl adjacent to an activating group) is 1. The summed E-state index contributed by atoms with van der Waals surface area (Å²) in [5.41, 5.74) is 1.06. The molecule has 1 saturated carbocycles. The number of aliphatic hydroxyl groups excluding tert-OH is 1. The van der Waals surface area contributed by atoms with Crippen LogP contribution in [0.5, 0.6) is 0 Å². The number of nitrogens with zero attached hydrogens (tertiary/aromatic N) is 1. The van der Waals surface area contributed by atoms with Crippen molar-refractivity contribution in [1.82, 2.24) is 15.3 Å². The number of hydrogen-bond acceptors (Lipinski definition) is 4. The van der Waals surface area contributed by atoms with Crippen molar-refractivity contribution < 1.29 is 24.2 Å². The molecule has 1 aromatic carbocycles. The van der Waals surface area contributed by atoms with Crippen molar-refractivity contribution in [3.05, 3.63) is 35.9 Å². The third-order valence-electron chi connectivity index (χ3n) is 6.54. The number of rotatable bonds is 13. The van der Waals surface area contributed by atoms with Crippen molar-refractivity contribution in [2.24, 2.45) is 11.8 Å². The fourth-order valence-electron chi connectivity index (χ4n) is 4.58. The predicted octanol–water partition coefficient (Wildman–Crippen LogP) is 3.24. The number of carbonyl (C=O) groups excluding carboxylic acids is 2. The van der Waals surface area contributed by atoms with Crippen LogP contribution < -0.4 is 10.6 Å². The molecule has 4 atom stereocenters. The van der Waals surface area contributed by atoms with E-state index in [-0.39, 0.29) is 24.2 Å². The van der Waals surface area contributed by atoms with Gasteiger partial charge in [-0.15, -0.1) is 0 Å². The Balaban J connectivity index is 2.06. The van der Waals surface area contributed by atoms with Gasteiger partial charge in [-0.2, -0.15) is 0 Å². The summed E-state index contributed by atoms with van der Waals surface area (Å²) < 4.78 is 12.6. The van der Waals surface area contributed by atoms with Crippen molar-refractivity contribution in [2.75, 3.05) is 7.05 Å². The van der Waals surface area contributed by atoms with E-state index in [1.165, 1.54) is 13.5 Å². The highest BCUT2D eigenvalue weighted by Gasteiger charge is 2.32. The molecule has 0 aliphatic heterocycles. The lowest BCUT2D eigenvalue weighted by Gasteiger charge is -2.34. The molecule has 1 aliphatic carbocycles. The van der Waals surface area contributed by atoms with Gasteiger partial charge in [0.15, 0.2) is 0 Å². The molecule has 2 unspecified atom stereocenters. The van der Waals surface area contributed by atoms with Crippen molar-refractivity contribution in [1.29, 1.82) is 0 Å². The van der Waals surface area contributed by atoms with Gasteiger partial charge in [-0.3, -0.25) is 14.2 Å². The summed E-state index contributed by atoms with van der Waals surface area (Å²) in [5.74, 6) is -0.0604. The molecule has 8 nitrogen and oxygen atoms in total. The second-order valence-corrected chi connectivity index (χ2v) is 11.2. The average Bonchev–Trinajstić information content (AvgIpc) is 2.81. The van der Waals surface area contributed by atoms with Gasteiger partial charge in [0, 0.05) is 6.42 Å². The molecule has 0 bridgehead atoms. The summed E-state index contributed by atoms with van der Waals surface area (Å²) in [7, 11) is -1.73. The van der Waals surface area contributed by atoms with E-state index in [0.717, 1.165) is 35.9 Å². The molecule has 2 amide bonds. The highest BCUT2D eigenvalue weighted by Crippen LogP contribution is 2.30. The number of aryl methyl sites for hydroxylation is 1. The molecule has 4 N–H and O–H groups in total. The number of amides is 2. The molecular formula is C25H42N3O5P. The van der Waals surface area contributed by atoms with Crippen LogP contribution >= 0.6 is 8.18 Å². The Hall–Kier alpha value is -1.73. The molecule has 1 aliphatic rings. The molecular weight excluding hydrogens is 453 g/mol. The minimum Gasteiger partial charge on any atom is -0.376 e. The van der Waals surface area contributed by atoms with Crippen LogP contribution in [-0.2, 0) is 20.6 Å². The molecule has 0 heterocycles. The second kappa shape index (κ2) is 14.6. The van der Waals surface area contributed by atoms with E-state index in [0.29, 0.717) is 25.2 Å². The maximum atomic E-state index is 13.2. The third-order valence-corrected chi connectivity index (χ3v) is 7.41. The van der Waals surface area contributed by atoms with Crippen LogP contribution in [-0.4, -0.2) is 51.8 Å². The Morgan fingerprint density at radius 2 is 1.76 bits per heavy atom. The lowest BCUT2D eigenvalue weighted by molar-refractivity contribution is -0.131. The maximum absolute atomic E-state index is 13.2. The first-order valence-electron chi connectivity index (χ1n) is 12.4. The van der Waals surface area contributed by atoms with Gasteiger partial charge >= 0.3 is 0 Å². The van der Waals surface area contributed by atoms with Crippen molar-refractivity contribution in [2.45, 2.75) is 89.9 Å². The third kappa shape index (κ3) is 9.87. The molecule has 0 spiro atoms. The Bertz CT molecular complexity index is 786. The van der Waals surface area contributed by atoms with E-state index in [1.54, 1.807) is 0 Å². The van der Waals surface area contributed by atoms with Crippen LogP contribution in [0.4, 0.5) is 0 Å². The van der Waals surface area contributed by atoms with Gasteiger partial charge in [0.2, 0.25) is 11.8 Å². The molecule has 0 saturated heterocycles. The minimum atomic E-state index is -3.11. The number of carbonyl (C=O) groups is 2. The van der Waals surface area contributed by atoms with Gasteiger partial charge in [0.1, 0.15) is 12.3 Å². The van der Waals surface area contributed by atoms with Crippen LogP contribution in [0.3, 0.4) is 0 Å². The van der Waals surface area contributed by atoms with Crippen molar-refractivity contribution in [3.63, 3.8) is 0 Å². The molecule has 9 heteroatoms. The fourth-order valence-corrected chi connectivity index (χ4v) is 4.98. The van der Waals surface area contributed by atoms with Crippen LogP contribution in [0.15, 0.2) is 30.3 Å². The van der Waals surface area contributed by atoms with Gasteiger partial charge in [-0.25, -0.2) is 4.67 Å². The number of nitrogens with one attached hydrogen (secondary N) is 2. The second-order valence-electron chi connectivity index (χ2n) is 9.90. The number of aliphatic hydroxyl groups is 1. The fraction of sp³-hybridized carbons (Fsp3) is 0.680. The predicted molar refractivity (Wildman–Crippen MR) is 134 cm³/mol. The topological polar surface area (TPSA) is 119 Å². The smallest absolute Gasteiger partial charge is 0.260 e. The van der Waals surface area contributed by atoms with Crippen LogP contribution in [0.25, 0.3) is 0 Å². The van der Waals surface area contributed by atoms with E-state index in [1.807, 2.05) is 44.2 Å². The molecule has 0 radical (unpaired) electrons. The van der Waals surface area contributed by atoms with Gasteiger partial charge in [-0.1, -0.05) is 76.3 Å². The molecule has 1 fully saturated rings. The summed E-state index contributed by atoms with van der Waals surface area (Å²) in [6.07, 6.45) is 6.01. The van der Waals surface area contributed by atoms with E-state index in [2.05, 4.69) is 10.6 Å². The summed E-state index contributed by atoms with van der Waals surface area (Å²) in [5, 5.41) is 16.5. The minimum absolute atomic E-state index is 0.170. The lowest BCUT2D eigenvalue weighted by Crippen LogP contribution is -2.55. The maximum Gasteiger partial charge on any atom is 0.260 e. The Morgan fingerprint density at radius 3 is 2.35 bits per heavy atom.